The second-order valence-corrected chi connectivity index (χ2v) is 8.08. The molecule has 0 bridgehead atoms. The molecule has 1 N–H and O–H groups in total. The van der Waals surface area contributed by atoms with Gasteiger partial charge in [0, 0.05) is 21.2 Å². The maximum atomic E-state index is 14.1. The minimum absolute atomic E-state index is 0.184. The summed E-state index contributed by atoms with van der Waals surface area (Å²) in [6.45, 7) is -0.208. The zero-order valence-corrected chi connectivity index (χ0v) is 16.6. The van der Waals surface area contributed by atoms with Crippen LogP contribution in [0.15, 0.2) is 53.9 Å². The Morgan fingerprint density at radius 2 is 2.00 bits per heavy atom. The molecule has 0 saturated heterocycles. The highest BCUT2D eigenvalue weighted by molar-refractivity contribution is 7.10. The molecule has 0 radical (unpaired) electrons. The van der Waals surface area contributed by atoms with Gasteiger partial charge >= 0.3 is 0 Å². The molecule has 1 aliphatic heterocycles. The van der Waals surface area contributed by atoms with Crippen LogP contribution >= 0.6 is 34.5 Å². The molecule has 0 saturated carbocycles. The highest BCUT2D eigenvalue weighted by atomic mass is 35.5. The van der Waals surface area contributed by atoms with Crippen LogP contribution in [0.1, 0.15) is 26.8 Å². The Bertz CT molecular complexity index is 1070. The van der Waals surface area contributed by atoms with Gasteiger partial charge < -0.3 is 10.2 Å². The summed E-state index contributed by atoms with van der Waals surface area (Å²) in [5.41, 5.74) is 1.15. The fourth-order valence-corrected chi connectivity index (χ4v) is 4.46. The summed E-state index contributed by atoms with van der Waals surface area (Å²) in [6.07, 6.45) is 0. The van der Waals surface area contributed by atoms with Gasteiger partial charge in [0.15, 0.2) is 0 Å². The van der Waals surface area contributed by atoms with Gasteiger partial charge in [-0.1, -0.05) is 29.3 Å². The number of hydrogen-bond acceptors (Lipinski definition) is 3. The third-order valence-electron chi connectivity index (χ3n) is 4.44. The number of halogens is 3. The predicted octanol–water partition coefficient (Wildman–Crippen LogP) is 5.38. The standard InChI is InChI=1S/C20H13Cl2FN2O2S/c21-11-3-5-15(22)13(8-11)20(27)25-10-18(26)24-16-6-4-12(23)9-14(16)19(25)17-2-1-7-28-17/h1-9,19H,10H2,(H,24,26). The Kier molecular flexibility index (Phi) is 5.10. The normalized spacial score (nSPS) is 16.3. The molecule has 0 aliphatic carbocycles. The van der Waals surface area contributed by atoms with Crippen LogP contribution in [0.3, 0.4) is 0 Å². The SMILES string of the molecule is O=C1CN(C(=O)c2cc(Cl)ccc2Cl)C(c2cccs2)c2cc(F)ccc2N1. The minimum Gasteiger partial charge on any atom is -0.324 e. The fourth-order valence-electron chi connectivity index (χ4n) is 3.24. The van der Waals surface area contributed by atoms with Crippen molar-refractivity contribution in [1.29, 1.82) is 0 Å². The van der Waals surface area contributed by atoms with Gasteiger partial charge in [0.2, 0.25) is 5.91 Å². The minimum atomic E-state index is -0.646. The van der Waals surface area contributed by atoms with Crippen LogP contribution in [-0.2, 0) is 4.79 Å². The maximum absolute atomic E-state index is 14.1. The van der Waals surface area contributed by atoms with Crippen LogP contribution in [0.25, 0.3) is 0 Å². The second kappa shape index (κ2) is 7.54. The second-order valence-electron chi connectivity index (χ2n) is 6.25. The number of nitrogens with one attached hydrogen (secondary N) is 1. The summed E-state index contributed by atoms with van der Waals surface area (Å²) in [5, 5.41) is 5.19. The highest BCUT2D eigenvalue weighted by Crippen LogP contribution is 2.39. The zero-order valence-electron chi connectivity index (χ0n) is 14.3. The summed E-state index contributed by atoms with van der Waals surface area (Å²) in [4.78, 5) is 28.1. The largest absolute Gasteiger partial charge is 0.324 e. The van der Waals surface area contributed by atoms with E-state index in [1.54, 1.807) is 6.07 Å². The van der Waals surface area contributed by atoms with Gasteiger partial charge in [-0.2, -0.15) is 0 Å². The van der Waals surface area contributed by atoms with Gasteiger partial charge in [0.25, 0.3) is 5.91 Å². The molecule has 4 nitrogen and oxygen atoms in total. The molecular formula is C20H13Cl2FN2O2S. The number of nitrogens with zero attached hydrogens (tertiary/aromatic N) is 1. The van der Waals surface area contributed by atoms with E-state index in [2.05, 4.69) is 5.32 Å². The number of benzene rings is 2. The van der Waals surface area contributed by atoms with E-state index >= 15 is 0 Å². The third-order valence-corrected chi connectivity index (χ3v) is 5.93. The quantitative estimate of drug-likeness (QED) is 0.588. The van der Waals surface area contributed by atoms with Gasteiger partial charge in [-0.3, -0.25) is 9.59 Å². The Morgan fingerprint density at radius 3 is 2.75 bits per heavy atom. The van der Waals surface area contributed by atoms with Crippen LogP contribution < -0.4 is 5.32 Å². The van der Waals surface area contributed by atoms with Crippen LogP contribution in [0.5, 0.6) is 0 Å². The monoisotopic (exact) mass is 434 g/mol. The molecule has 2 heterocycles. The van der Waals surface area contributed by atoms with Crippen LogP contribution in [0, 0.1) is 5.82 Å². The van der Waals surface area contributed by atoms with E-state index in [1.165, 1.54) is 46.6 Å². The summed E-state index contributed by atoms with van der Waals surface area (Å²) in [5.74, 6) is -1.29. The van der Waals surface area contributed by atoms with Crippen molar-refractivity contribution >= 4 is 52.0 Å². The molecule has 8 heteroatoms. The van der Waals surface area contributed by atoms with E-state index in [-0.39, 0.29) is 23.0 Å². The Balaban J connectivity index is 1.90. The first-order valence-electron chi connectivity index (χ1n) is 8.33. The molecule has 2 aromatic carbocycles. The first kappa shape index (κ1) is 18.9. The molecule has 4 rings (SSSR count). The van der Waals surface area contributed by atoms with Crippen LogP contribution in [0.2, 0.25) is 10.0 Å². The number of rotatable bonds is 2. The lowest BCUT2D eigenvalue weighted by Crippen LogP contribution is -2.38. The topological polar surface area (TPSA) is 49.4 Å². The molecule has 142 valence electrons. The number of carbonyl (C=O) groups excluding carboxylic acids is 2. The number of carbonyl (C=O) groups is 2. The Hall–Kier alpha value is -2.41. The van der Waals surface area contributed by atoms with Crippen LogP contribution in [-0.4, -0.2) is 23.3 Å². The highest BCUT2D eigenvalue weighted by Gasteiger charge is 2.35. The van der Waals surface area contributed by atoms with Gasteiger partial charge in [-0.25, -0.2) is 4.39 Å². The van der Waals surface area contributed by atoms with Crippen molar-refractivity contribution in [1.82, 2.24) is 4.90 Å². The summed E-state index contributed by atoms with van der Waals surface area (Å²) < 4.78 is 14.1. The van der Waals surface area contributed by atoms with Crippen molar-refractivity contribution in [3.63, 3.8) is 0 Å². The molecule has 1 atom stereocenters. The number of anilines is 1. The molecule has 1 aromatic heterocycles. The fraction of sp³-hybridized carbons (Fsp3) is 0.100. The number of hydrogen-bond donors (Lipinski definition) is 1. The first-order valence-corrected chi connectivity index (χ1v) is 9.96. The van der Waals surface area contributed by atoms with Crippen molar-refractivity contribution in [2.75, 3.05) is 11.9 Å². The molecule has 0 fully saturated rings. The summed E-state index contributed by atoms with van der Waals surface area (Å²) >= 11 is 13.7. The summed E-state index contributed by atoms with van der Waals surface area (Å²) in [6, 6.07) is 11.7. The van der Waals surface area contributed by atoms with E-state index in [4.69, 9.17) is 23.2 Å². The molecule has 3 aromatic rings. The molecule has 0 spiro atoms. The lowest BCUT2D eigenvalue weighted by atomic mass is 10.0. The molecule has 2 amide bonds. The van der Waals surface area contributed by atoms with Crippen molar-refractivity contribution in [3.05, 3.63) is 85.8 Å². The molecule has 1 unspecified atom stereocenters. The maximum Gasteiger partial charge on any atom is 0.256 e. The van der Waals surface area contributed by atoms with Gasteiger partial charge in [-0.05, 0) is 47.8 Å². The lowest BCUT2D eigenvalue weighted by molar-refractivity contribution is -0.117. The van der Waals surface area contributed by atoms with Crippen LogP contribution in [0.4, 0.5) is 10.1 Å². The van der Waals surface area contributed by atoms with Crippen molar-refractivity contribution in [2.24, 2.45) is 0 Å². The molecule has 1 aliphatic rings. The smallest absolute Gasteiger partial charge is 0.256 e. The third kappa shape index (κ3) is 3.51. The average Bonchev–Trinajstić information content (AvgIpc) is 3.14. The number of fused-ring (bicyclic) bond motifs is 1. The van der Waals surface area contributed by atoms with Crippen molar-refractivity contribution < 1.29 is 14.0 Å². The summed E-state index contributed by atoms with van der Waals surface area (Å²) in [7, 11) is 0. The Labute approximate surface area is 174 Å². The van der Waals surface area contributed by atoms with E-state index in [9.17, 15) is 14.0 Å². The van der Waals surface area contributed by atoms with E-state index < -0.39 is 17.8 Å². The van der Waals surface area contributed by atoms with E-state index in [0.717, 1.165) is 4.88 Å². The van der Waals surface area contributed by atoms with Crippen molar-refractivity contribution in [2.45, 2.75) is 6.04 Å². The predicted molar refractivity (Wildman–Crippen MR) is 109 cm³/mol. The number of amides is 2. The van der Waals surface area contributed by atoms with E-state index in [1.807, 2.05) is 17.5 Å². The molecule has 28 heavy (non-hydrogen) atoms. The lowest BCUT2D eigenvalue weighted by Gasteiger charge is -2.30. The molecular weight excluding hydrogens is 422 g/mol. The average molecular weight is 435 g/mol. The number of thiophene rings is 1. The van der Waals surface area contributed by atoms with Gasteiger partial charge in [0.1, 0.15) is 12.4 Å². The van der Waals surface area contributed by atoms with Gasteiger partial charge in [-0.15, -0.1) is 11.3 Å². The first-order chi connectivity index (χ1) is 13.4. The van der Waals surface area contributed by atoms with Gasteiger partial charge in [0.05, 0.1) is 16.6 Å². The zero-order chi connectivity index (χ0) is 19.8. The van der Waals surface area contributed by atoms with Crippen molar-refractivity contribution in [3.8, 4) is 0 Å². The Morgan fingerprint density at radius 1 is 1.18 bits per heavy atom. The van der Waals surface area contributed by atoms with E-state index in [0.29, 0.717) is 16.3 Å².